The number of amides is 3. The van der Waals surface area contributed by atoms with Crippen molar-refractivity contribution in [2.45, 2.75) is 44.6 Å². The van der Waals surface area contributed by atoms with Crippen molar-refractivity contribution in [2.24, 2.45) is 11.8 Å². The zero-order chi connectivity index (χ0) is 16.8. The van der Waals surface area contributed by atoms with Crippen molar-refractivity contribution in [1.29, 1.82) is 0 Å². The number of imide groups is 1. The molecular weight excluding hydrogens is 328 g/mol. The molecule has 3 aliphatic rings. The minimum absolute atomic E-state index is 0.243. The molecular formula is C16H18N4O3S. The Labute approximate surface area is 143 Å². The number of rotatable bonds is 4. The second-order valence-electron chi connectivity index (χ2n) is 6.59. The van der Waals surface area contributed by atoms with Crippen LogP contribution in [0.15, 0.2) is 12.2 Å². The van der Waals surface area contributed by atoms with E-state index in [1.807, 2.05) is 12.2 Å². The molecule has 126 valence electrons. The van der Waals surface area contributed by atoms with Gasteiger partial charge >= 0.3 is 0 Å². The normalized spacial score (nSPS) is 27.3. The largest absolute Gasteiger partial charge is 0.299 e. The van der Waals surface area contributed by atoms with Crippen molar-refractivity contribution < 1.29 is 14.4 Å². The zero-order valence-electron chi connectivity index (χ0n) is 13.3. The predicted molar refractivity (Wildman–Crippen MR) is 87.2 cm³/mol. The van der Waals surface area contributed by atoms with Crippen molar-refractivity contribution in [1.82, 2.24) is 15.1 Å². The molecule has 0 radical (unpaired) electrons. The van der Waals surface area contributed by atoms with Crippen molar-refractivity contribution >= 4 is 34.2 Å². The first-order valence-electron chi connectivity index (χ1n) is 8.22. The monoisotopic (exact) mass is 346 g/mol. The second kappa shape index (κ2) is 5.77. The molecule has 8 heteroatoms. The van der Waals surface area contributed by atoms with Crippen LogP contribution in [0.2, 0.25) is 0 Å². The lowest BCUT2D eigenvalue weighted by Crippen LogP contribution is -2.46. The second-order valence-corrected chi connectivity index (χ2v) is 7.60. The van der Waals surface area contributed by atoms with Crippen molar-refractivity contribution in [2.75, 3.05) is 5.32 Å². The fourth-order valence-corrected chi connectivity index (χ4v) is 4.23. The summed E-state index contributed by atoms with van der Waals surface area (Å²) in [5.74, 6) is -1.05. The molecule has 3 atom stereocenters. The third-order valence-electron chi connectivity index (χ3n) is 4.91. The molecule has 24 heavy (non-hydrogen) atoms. The molecule has 2 fully saturated rings. The Balaban J connectivity index is 1.46. The highest BCUT2D eigenvalue weighted by Crippen LogP contribution is 2.42. The first-order chi connectivity index (χ1) is 11.6. The van der Waals surface area contributed by atoms with Gasteiger partial charge < -0.3 is 0 Å². The number of anilines is 1. The standard InChI is InChI=1S/C16H18N4O3S/c1-8(12(21)17-16-19-18-13(24-16)9-6-7-9)20-14(22)10-4-2-3-5-11(10)15(20)23/h2-3,8-11H,4-7H2,1H3,(H,17,19,21)/t8-,10-,11-/m0/s1. The van der Waals surface area contributed by atoms with E-state index in [2.05, 4.69) is 15.5 Å². The number of allylic oxidation sites excluding steroid dienone is 2. The van der Waals surface area contributed by atoms with Gasteiger partial charge in [-0.1, -0.05) is 23.5 Å². The highest BCUT2D eigenvalue weighted by atomic mass is 32.1. The number of fused-ring (bicyclic) bond motifs is 1. The van der Waals surface area contributed by atoms with Gasteiger partial charge in [-0.25, -0.2) is 0 Å². The number of nitrogens with zero attached hydrogens (tertiary/aromatic N) is 3. The van der Waals surface area contributed by atoms with Gasteiger partial charge in [0.15, 0.2) is 0 Å². The first-order valence-corrected chi connectivity index (χ1v) is 9.04. The van der Waals surface area contributed by atoms with Gasteiger partial charge in [-0.2, -0.15) is 0 Å². The van der Waals surface area contributed by atoms with Gasteiger partial charge in [0.2, 0.25) is 22.9 Å². The lowest BCUT2D eigenvalue weighted by Gasteiger charge is -2.21. The molecule has 4 rings (SSSR count). The quantitative estimate of drug-likeness (QED) is 0.662. The average molecular weight is 346 g/mol. The maximum absolute atomic E-state index is 12.5. The summed E-state index contributed by atoms with van der Waals surface area (Å²) >= 11 is 1.36. The van der Waals surface area contributed by atoms with E-state index < -0.39 is 11.9 Å². The summed E-state index contributed by atoms with van der Waals surface area (Å²) in [6.45, 7) is 1.58. The van der Waals surface area contributed by atoms with Crippen LogP contribution in [0.5, 0.6) is 0 Å². The van der Waals surface area contributed by atoms with E-state index in [-0.39, 0.29) is 23.7 Å². The van der Waals surface area contributed by atoms with Gasteiger partial charge in [0.25, 0.3) is 0 Å². The van der Waals surface area contributed by atoms with Crippen LogP contribution in [-0.2, 0) is 14.4 Å². The molecule has 0 unspecified atom stereocenters. The Morgan fingerprint density at radius 2 is 1.83 bits per heavy atom. The minimum Gasteiger partial charge on any atom is -0.299 e. The minimum atomic E-state index is -0.844. The van der Waals surface area contributed by atoms with Crippen LogP contribution in [-0.4, -0.2) is 38.9 Å². The fraction of sp³-hybridized carbons (Fsp3) is 0.562. The summed E-state index contributed by atoms with van der Waals surface area (Å²) in [5, 5.41) is 12.1. The predicted octanol–water partition coefficient (Wildman–Crippen LogP) is 1.69. The van der Waals surface area contributed by atoms with Crippen LogP contribution in [0.1, 0.15) is 43.5 Å². The van der Waals surface area contributed by atoms with Crippen molar-refractivity contribution in [3.05, 3.63) is 17.2 Å². The fourth-order valence-electron chi connectivity index (χ4n) is 3.32. The SMILES string of the molecule is C[C@@H](C(=O)Nc1nnc(C2CC2)s1)N1C(=O)[C@H]2CC=CC[C@@H]2C1=O. The van der Waals surface area contributed by atoms with Crippen LogP contribution in [0.4, 0.5) is 5.13 Å². The number of hydrogen-bond donors (Lipinski definition) is 1. The summed E-state index contributed by atoms with van der Waals surface area (Å²) < 4.78 is 0. The highest BCUT2D eigenvalue weighted by Gasteiger charge is 2.50. The van der Waals surface area contributed by atoms with E-state index >= 15 is 0 Å². The number of likely N-dealkylation sites (tertiary alicyclic amines) is 1. The maximum atomic E-state index is 12.5. The molecule has 0 aromatic carbocycles. The Morgan fingerprint density at radius 3 is 2.42 bits per heavy atom. The van der Waals surface area contributed by atoms with E-state index in [1.165, 1.54) is 11.3 Å². The van der Waals surface area contributed by atoms with Gasteiger partial charge in [-0.3, -0.25) is 24.6 Å². The Morgan fingerprint density at radius 1 is 1.21 bits per heavy atom. The highest BCUT2D eigenvalue weighted by molar-refractivity contribution is 7.15. The molecule has 1 N–H and O–H groups in total. The van der Waals surface area contributed by atoms with Gasteiger partial charge in [-0.15, -0.1) is 10.2 Å². The lowest BCUT2D eigenvalue weighted by atomic mass is 9.85. The summed E-state index contributed by atoms with van der Waals surface area (Å²) in [6.07, 6.45) is 7.24. The van der Waals surface area contributed by atoms with E-state index in [0.29, 0.717) is 23.9 Å². The Hall–Kier alpha value is -2.09. The van der Waals surface area contributed by atoms with E-state index in [0.717, 1.165) is 22.7 Å². The molecule has 2 aliphatic carbocycles. The van der Waals surface area contributed by atoms with Gasteiger partial charge in [0, 0.05) is 5.92 Å². The average Bonchev–Trinajstić information content (AvgIpc) is 3.28. The van der Waals surface area contributed by atoms with Crippen LogP contribution in [0.25, 0.3) is 0 Å². The third-order valence-corrected chi connectivity index (χ3v) is 5.91. The lowest BCUT2D eigenvalue weighted by molar-refractivity contribution is -0.146. The van der Waals surface area contributed by atoms with Crippen molar-refractivity contribution in [3.8, 4) is 0 Å². The molecule has 1 saturated heterocycles. The van der Waals surface area contributed by atoms with Crippen molar-refractivity contribution in [3.63, 3.8) is 0 Å². The molecule has 3 amide bonds. The molecule has 0 spiro atoms. The number of aromatic nitrogens is 2. The number of nitrogens with one attached hydrogen (secondary N) is 1. The molecule has 2 heterocycles. The van der Waals surface area contributed by atoms with Gasteiger partial charge in [0.05, 0.1) is 11.8 Å². The maximum Gasteiger partial charge on any atom is 0.249 e. The summed E-state index contributed by atoms with van der Waals surface area (Å²) in [6, 6.07) is -0.844. The zero-order valence-corrected chi connectivity index (χ0v) is 14.1. The van der Waals surface area contributed by atoms with Gasteiger partial charge in [0.1, 0.15) is 11.0 Å². The van der Waals surface area contributed by atoms with E-state index in [4.69, 9.17) is 0 Å². The topological polar surface area (TPSA) is 92.3 Å². The smallest absolute Gasteiger partial charge is 0.249 e. The van der Waals surface area contributed by atoms with Gasteiger partial charge in [-0.05, 0) is 32.6 Å². The molecule has 7 nitrogen and oxygen atoms in total. The molecule has 1 aromatic rings. The molecule has 1 aromatic heterocycles. The van der Waals surface area contributed by atoms with E-state index in [1.54, 1.807) is 6.92 Å². The number of hydrogen-bond acceptors (Lipinski definition) is 6. The van der Waals surface area contributed by atoms with Crippen LogP contribution >= 0.6 is 11.3 Å². The van der Waals surface area contributed by atoms with Crippen LogP contribution in [0.3, 0.4) is 0 Å². The number of carbonyl (C=O) groups excluding carboxylic acids is 3. The molecule has 1 saturated carbocycles. The first kappa shape index (κ1) is 15.4. The summed E-state index contributed by atoms with van der Waals surface area (Å²) in [7, 11) is 0. The molecule has 0 bridgehead atoms. The van der Waals surface area contributed by atoms with E-state index in [9.17, 15) is 14.4 Å². The summed E-state index contributed by atoms with van der Waals surface area (Å²) in [4.78, 5) is 38.6. The third kappa shape index (κ3) is 2.54. The molecule has 1 aliphatic heterocycles. The number of carbonyl (C=O) groups is 3. The van der Waals surface area contributed by atoms with Crippen LogP contribution in [0, 0.1) is 11.8 Å². The van der Waals surface area contributed by atoms with Crippen LogP contribution < -0.4 is 5.32 Å². The summed E-state index contributed by atoms with van der Waals surface area (Å²) in [5.41, 5.74) is 0. The Kier molecular flexibility index (Phi) is 3.71. The Bertz CT molecular complexity index is 713.